The van der Waals surface area contributed by atoms with Gasteiger partial charge in [0.25, 0.3) is 5.91 Å². The van der Waals surface area contributed by atoms with Gasteiger partial charge in [-0.3, -0.25) is 10.2 Å². The van der Waals surface area contributed by atoms with Crippen LogP contribution in [0.3, 0.4) is 0 Å². The van der Waals surface area contributed by atoms with Crippen LogP contribution in [0.1, 0.15) is 22.3 Å². The number of carbonyl (C=O) groups is 1. The predicted octanol–water partition coefficient (Wildman–Crippen LogP) is 3.13. The fourth-order valence-corrected chi connectivity index (χ4v) is 3.40. The van der Waals surface area contributed by atoms with Crippen molar-refractivity contribution in [2.24, 2.45) is 5.84 Å². The van der Waals surface area contributed by atoms with E-state index in [1.807, 2.05) is 31.2 Å². The van der Waals surface area contributed by atoms with Crippen molar-refractivity contribution in [3.63, 3.8) is 0 Å². The molecule has 1 aromatic heterocycles. The molecule has 0 aliphatic carbocycles. The Morgan fingerprint density at radius 1 is 1.24 bits per heavy atom. The lowest BCUT2D eigenvalue weighted by atomic mass is 10.1. The fraction of sp³-hybridized carbons (Fsp3) is 0.125. The minimum Gasteiger partial charge on any atom is -0.289 e. The molecule has 0 fully saturated rings. The molecule has 21 heavy (non-hydrogen) atoms. The van der Waals surface area contributed by atoms with Gasteiger partial charge in [0, 0.05) is 10.4 Å². The first kappa shape index (κ1) is 13.7. The van der Waals surface area contributed by atoms with Crippen LogP contribution in [-0.2, 0) is 6.42 Å². The highest BCUT2D eigenvalue weighted by molar-refractivity contribution is 7.15. The molecule has 2 aromatic carbocycles. The van der Waals surface area contributed by atoms with Gasteiger partial charge in [0.15, 0.2) is 0 Å². The number of thiazole rings is 1. The number of nitrogens with two attached hydrogens (primary N) is 1. The van der Waals surface area contributed by atoms with Crippen molar-refractivity contribution in [2.45, 2.75) is 13.3 Å². The Kier molecular flexibility index (Phi) is 3.68. The molecule has 4 nitrogen and oxygen atoms in total. The molecule has 0 radical (unpaired) electrons. The molecule has 3 aromatic rings. The highest BCUT2D eigenvalue weighted by Gasteiger charge is 2.18. The van der Waals surface area contributed by atoms with E-state index >= 15 is 0 Å². The maximum atomic E-state index is 11.8. The van der Waals surface area contributed by atoms with Gasteiger partial charge >= 0.3 is 0 Å². The van der Waals surface area contributed by atoms with E-state index in [9.17, 15) is 4.79 Å². The van der Waals surface area contributed by atoms with Crippen LogP contribution in [0, 0.1) is 0 Å². The number of aromatic nitrogens is 1. The van der Waals surface area contributed by atoms with E-state index in [1.54, 1.807) is 11.3 Å². The van der Waals surface area contributed by atoms with Crippen LogP contribution in [0.25, 0.3) is 21.3 Å². The standard InChI is InChI=1S/C16H15N3OS/c1-2-13-14(15(20)19-17)18-16(21-13)12-9-5-7-10-6-3-4-8-11(10)12/h3-9H,2,17H2,1H3,(H,19,20). The maximum Gasteiger partial charge on any atom is 0.284 e. The molecular formula is C16H15N3OS. The first-order valence-corrected chi connectivity index (χ1v) is 7.55. The van der Waals surface area contributed by atoms with Gasteiger partial charge in [0.2, 0.25) is 0 Å². The average Bonchev–Trinajstić information content (AvgIpc) is 2.97. The third kappa shape index (κ3) is 2.41. The molecule has 0 spiro atoms. The van der Waals surface area contributed by atoms with Crippen LogP contribution in [0.4, 0.5) is 0 Å². The molecule has 3 rings (SSSR count). The van der Waals surface area contributed by atoms with Crippen molar-refractivity contribution in [1.29, 1.82) is 0 Å². The number of nitrogens with zero attached hydrogens (tertiary/aromatic N) is 1. The van der Waals surface area contributed by atoms with Crippen molar-refractivity contribution in [3.8, 4) is 10.6 Å². The predicted molar refractivity (Wildman–Crippen MR) is 86.1 cm³/mol. The Labute approximate surface area is 126 Å². The molecule has 1 heterocycles. The monoisotopic (exact) mass is 297 g/mol. The van der Waals surface area contributed by atoms with E-state index in [2.05, 4.69) is 28.6 Å². The summed E-state index contributed by atoms with van der Waals surface area (Å²) in [6, 6.07) is 14.3. The molecule has 0 saturated carbocycles. The van der Waals surface area contributed by atoms with Crippen LogP contribution < -0.4 is 11.3 Å². The van der Waals surface area contributed by atoms with E-state index in [1.165, 1.54) is 0 Å². The van der Waals surface area contributed by atoms with Gasteiger partial charge in [-0.1, -0.05) is 49.4 Å². The minimum absolute atomic E-state index is 0.338. The zero-order valence-corrected chi connectivity index (χ0v) is 12.4. The number of carbonyl (C=O) groups excluding carboxylic acids is 1. The number of amides is 1. The largest absolute Gasteiger partial charge is 0.289 e. The summed E-state index contributed by atoms with van der Waals surface area (Å²) < 4.78 is 0. The summed E-state index contributed by atoms with van der Waals surface area (Å²) in [6.07, 6.45) is 0.755. The molecule has 0 bridgehead atoms. The van der Waals surface area contributed by atoms with Crippen LogP contribution >= 0.6 is 11.3 Å². The maximum absolute atomic E-state index is 11.8. The summed E-state index contributed by atoms with van der Waals surface area (Å²) in [6.45, 7) is 2.01. The number of aryl methyl sites for hydroxylation is 1. The van der Waals surface area contributed by atoms with Crippen LogP contribution in [0.5, 0.6) is 0 Å². The van der Waals surface area contributed by atoms with Gasteiger partial charge in [-0.15, -0.1) is 11.3 Å². The zero-order valence-electron chi connectivity index (χ0n) is 11.6. The number of hydrogen-bond donors (Lipinski definition) is 2. The van der Waals surface area contributed by atoms with Gasteiger partial charge in [-0.05, 0) is 17.2 Å². The van der Waals surface area contributed by atoms with Gasteiger partial charge < -0.3 is 0 Å². The quantitative estimate of drug-likeness (QED) is 0.443. The van der Waals surface area contributed by atoms with E-state index in [-0.39, 0.29) is 5.91 Å². The highest BCUT2D eigenvalue weighted by Crippen LogP contribution is 2.33. The normalized spacial score (nSPS) is 10.8. The molecule has 1 amide bonds. The minimum atomic E-state index is -0.338. The van der Waals surface area contributed by atoms with Crippen LogP contribution in [-0.4, -0.2) is 10.9 Å². The fourth-order valence-electron chi connectivity index (χ4n) is 2.36. The lowest BCUT2D eigenvalue weighted by Crippen LogP contribution is -2.30. The second-order valence-electron chi connectivity index (χ2n) is 4.64. The Bertz CT molecular complexity index is 805. The molecule has 5 heteroatoms. The first-order chi connectivity index (χ1) is 10.2. The summed E-state index contributed by atoms with van der Waals surface area (Å²) in [5.41, 5.74) is 3.63. The third-order valence-electron chi connectivity index (χ3n) is 3.38. The van der Waals surface area contributed by atoms with E-state index in [4.69, 9.17) is 5.84 Å². The molecule has 0 saturated heterocycles. The first-order valence-electron chi connectivity index (χ1n) is 6.73. The Morgan fingerprint density at radius 2 is 2.00 bits per heavy atom. The molecule has 0 unspecified atom stereocenters. The summed E-state index contributed by atoms with van der Waals surface area (Å²) >= 11 is 1.54. The molecule has 0 aliphatic rings. The van der Waals surface area contributed by atoms with Crippen molar-refractivity contribution in [2.75, 3.05) is 0 Å². The van der Waals surface area contributed by atoms with Gasteiger partial charge in [0.1, 0.15) is 10.7 Å². The summed E-state index contributed by atoms with van der Waals surface area (Å²) in [5, 5.41) is 3.14. The molecule has 0 atom stereocenters. The number of rotatable bonds is 3. The van der Waals surface area contributed by atoms with E-state index in [0.29, 0.717) is 5.69 Å². The Morgan fingerprint density at radius 3 is 2.76 bits per heavy atom. The number of hydrogen-bond acceptors (Lipinski definition) is 4. The Balaban J connectivity index is 2.19. The Hall–Kier alpha value is -2.24. The number of nitrogen functional groups attached to an aromatic ring is 1. The average molecular weight is 297 g/mol. The topological polar surface area (TPSA) is 68.0 Å². The smallest absolute Gasteiger partial charge is 0.284 e. The second-order valence-corrected chi connectivity index (χ2v) is 5.73. The summed E-state index contributed by atoms with van der Waals surface area (Å²) in [4.78, 5) is 17.3. The van der Waals surface area contributed by atoms with E-state index in [0.717, 1.165) is 32.6 Å². The molecule has 3 N–H and O–H groups in total. The number of fused-ring (bicyclic) bond motifs is 1. The van der Waals surface area contributed by atoms with Gasteiger partial charge in [0.05, 0.1) is 0 Å². The second kappa shape index (κ2) is 5.63. The van der Waals surface area contributed by atoms with Gasteiger partial charge in [-0.25, -0.2) is 10.8 Å². The van der Waals surface area contributed by atoms with E-state index < -0.39 is 0 Å². The third-order valence-corrected chi connectivity index (χ3v) is 4.62. The van der Waals surface area contributed by atoms with Crippen LogP contribution in [0.15, 0.2) is 42.5 Å². The molecule has 106 valence electrons. The lowest BCUT2D eigenvalue weighted by molar-refractivity contribution is 0.0948. The van der Waals surface area contributed by atoms with Crippen LogP contribution in [0.2, 0.25) is 0 Å². The van der Waals surface area contributed by atoms with Gasteiger partial charge in [-0.2, -0.15) is 0 Å². The number of hydrazine groups is 1. The van der Waals surface area contributed by atoms with Crippen molar-refractivity contribution in [3.05, 3.63) is 53.0 Å². The summed E-state index contributed by atoms with van der Waals surface area (Å²) in [5.74, 6) is 4.89. The highest BCUT2D eigenvalue weighted by atomic mass is 32.1. The zero-order chi connectivity index (χ0) is 14.8. The molecular weight excluding hydrogens is 282 g/mol. The van der Waals surface area contributed by atoms with Crippen molar-refractivity contribution < 1.29 is 4.79 Å². The number of benzene rings is 2. The summed E-state index contributed by atoms with van der Waals surface area (Å²) in [7, 11) is 0. The van der Waals surface area contributed by atoms with Crippen molar-refractivity contribution in [1.82, 2.24) is 10.4 Å². The number of nitrogens with one attached hydrogen (secondary N) is 1. The molecule has 0 aliphatic heterocycles. The van der Waals surface area contributed by atoms with Crippen molar-refractivity contribution >= 4 is 28.0 Å². The lowest BCUT2D eigenvalue weighted by Gasteiger charge is -2.02. The SMILES string of the molecule is CCc1sc(-c2cccc3ccccc23)nc1C(=O)NN.